The maximum absolute atomic E-state index is 12.1. The molecule has 6 nitrogen and oxygen atoms in total. The molecule has 0 aliphatic heterocycles. The molecule has 0 aliphatic carbocycles. The van der Waals surface area contributed by atoms with Crippen molar-refractivity contribution < 1.29 is 4.79 Å². The number of benzene rings is 1. The third kappa shape index (κ3) is 7.56. The molecule has 0 fully saturated rings. The van der Waals surface area contributed by atoms with Gasteiger partial charge in [-0.15, -0.1) is 0 Å². The van der Waals surface area contributed by atoms with Gasteiger partial charge in [0.2, 0.25) is 5.91 Å². The summed E-state index contributed by atoms with van der Waals surface area (Å²) < 4.78 is 0. The molecule has 1 amide bonds. The molecule has 0 unspecified atom stereocenters. The molecule has 0 spiro atoms. The van der Waals surface area contributed by atoms with Gasteiger partial charge >= 0.3 is 0 Å². The van der Waals surface area contributed by atoms with Crippen molar-refractivity contribution in [2.24, 2.45) is 5.73 Å². The summed E-state index contributed by atoms with van der Waals surface area (Å²) in [7, 11) is 0. The minimum atomic E-state index is 0.0818. The predicted molar refractivity (Wildman–Crippen MR) is 108 cm³/mol. The predicted octanol–water partition coefficient (Wildman–Crippen LogP) is 1.52. The van der Waals surface area contributed by atoms with E-state index in [9.17, 15) is 4.79 Å². The van der Waals surface area contributed by atoms with Crippen molar-refractivity contribution in [2.75, 3.05) is 39.3 Å². The summed E-state index contributed by atoms with van der Waals surface area (Å²) in [6.07, 6.45) is 6.70. The van der Waals surface area contributed by atoms with Crippen LogP contribution in [0.1, 0.15) is 31.2 Å². The summed E-state index contributed by atoms with van der Waals surface area (Å²) in [5.74, 6) is 0.0818. The number of amides is 1. The van der Waals surface area contributed by atoms with Gasteiger partial charge in [0, 0.05) is 23.6 Å². The molecule has 1 aromatic carbocycles. The van der Waals surface area contributed by atoms with Crippen LogP contribution in [0, 0.1) is 0 Å². The van der Waals surface area contributed by atoms with E-state index in [0.717, 1.165) is 68.6 Å². The number of para-hydroxylation sites is 1. The van der Waals surface area contributed by atoms with E-state index in [4.69, 9.17) is 5.73 Å². The highest BCUT2D eigenvalue weighted by molar-refractivity contribution is 5.88. The third-order valence-electron chi connectivity index (χ3n) is 4.39. The zero-order valence-corrected chi connectivity index (χ0v) is 15.7. The first-order chi connectivity index (χ1) is 12.8. The summed E-state index contributed by atoms with van der Waals surface area (Å²) >= 11 is 0. The fourth-order valence-corrected chi connectivity index (χ4v) is 2.93. The number of fused-ring (bicyclic) bond motifs is 1. The molecule has 2 rings (SSSR count). The number of unbranched alkanes of at least 4 members (excludes halogenated alkanes) is 1. The second kappa shape index (κ2) is 12.5. The van der Waals surface area contributed by atoms with Crippen molar-refractivity contribution in [3.63, 3.8) is 0 Å². The molecule has 2 aromatic rings. The Labute approximate surface area is 156 Å². The first kappa shape index (κ1) is 20.4. The maximum atomic E-state index is 12.1. The lowest BCUT2D eigenvalue weighted by atomic mass is 10.1. The van der Waals surface area contributed by atoms with Crippen LogP contribution in [0.25, 0.3) is 10.9 Å². The Morgan fingerprint density at radius 3 is 2.38 bits per heavy atom. The van der Waals surface area contributed by atoms with Crippen LogP contribution in [0.2, 0.25) is 0 Å². The fourth-order valence-electron chi connectivity index (χ4n) is 2.93. The summed E-state index contributed by atoms with van der Waals surface area (Å²) in [4.78, 5) is 15.3. The monoisotopic (exact) mass is 359 g/mol. The molecular formula is C20H33N5O. The van der Waals surface area contributed by atoms with E-state index >= 15 is 0 Å². The Hall–Kier alpha value is -1.89. The number of carbonyl (C=O) groups excluding carboxylic acids is 1. The summed E-state index contributed by atoms with van der Waals surface area (Å²) in [5, 5.41) is 10.9. The molecule has 6 heteroatoms. The molecule has 144 valence electrons. The first-order valence-corrected chi connectivity index (χ1v) is 9.74. The van der Waals surface area contributed by atoms with Crippen LogP contribution in [-0.2, 0) is 11.2 Å². The number of rotatable bonds is 14. The Kier molecular flexibility index (Phi) is 9.79. The summed E-state index contributed by atoms with van der Waals surface area (Å²) in [5.41, 5.74) is 7.58. The molecule has 0 saturated carbocycles. The Balaban J connectivity index is 1.45. The van der Waals surface area contributed by atoms with E-state index in [1.54, 1.807) is 0 Å². The molecule has 0 radical (unpaired) electrons. The highest BCUT2D eigenvalue weighted by Crippen LogP contribution is 2.17. The molecular weight excluding hydrogens is 326 g/mol. The van der Waals surface area contributed by atoms with Gasteiger partial charge in [0.1, 0.15) is 0 Å². The van der Waals surface area contributed by atoms with Crippen LogP contribution in [0.3, 0.4) is 0 Å². The van der Waals surface area contributed by atoms with E-state index in [1.165, 1.54) is 12.8 Å². The molecule has 0 atom stereocenters. The van der Waals surface area contributed by atoms with Crippen LogP contribution in [0.4, 0.5) is 0 Å². The molecule has 1 aromatic heterocycles. The van der Waals surface area contributed by atoms with E-state index in [0.29, 0.717) is 6.42 Å². The van der Waals surface area contributed by atoms with Crippen molar-refractivity contribution in [1.82, 2.24) is 20.9 Å². The highest BCUT2D eigenvalue weighted by atomic mass is 16.1. The molecule has 0 bridgehead atoms. The highest BCUT2D eigenvalue weighted by Gasteiger charge is 2.07. The summed E-state index contributed by atoms with van der Waals surface area (Å²) in [6.45, 7) is 5.52. The lowest BCUT2D eigenvalue weighted by molar-refractivity contribution is -0.120. The number of hydrogen-bond donors (Lipinski definition) is 5. The van der Waals surface area contributed by atoms with Gasteiger partial charge in [0.05, 0.1) is 6.42 Å². The number of H-pyrrole nitrogens is 1. The van der Waals surface area contributed by atoms with Gasteiger partial charge in [-0.1, -0.05) is 18.2 Å². The van der Waals surface area contributed by atoms with E-state index in [1.807, 2.05) is 30.5 Å². The van der Waals surface area contributed by atoms with E-state index in [-0.39, 0.29) is 5.91 Å². The maximum Gasteiger partial charge on any atom is 0.224 e. The van der Waals surface area contributed by atoms with Crippen molar-refractivity contribution in [2.45, 2.75) is 32.1 Å². The first-order valence-electron chi connectivity index (χ1n) is 9.74. The molecule has 6 N–H and O–H groups in total. The van der Waals surface area contributed by atoms with Crippen LogP contribution in [0.5, 0.6) is 0 Å². The molecule has 1 heterocycles. The lowest BCUT2D eigenvalue weighted by Crippen LogP contribution is -2.29. The van der Waals surface area contributed by atoms with Crippen LogP contribution >= 0.6 is 0 Å². The van der Waals surface area contributed by atoms with Crippen molar-refractivity contribution in [3.05, 3.63) is 36.0 Å². The van der Waals surface area contributed by atoms with E-state index < -0.39 is 0 Å². The van der Waals surface area contributed by atoms with Gasteiger partial charge in [-0.3, -0.25) is 4.79 Å². The van der Waals surface area contributed by atoms with Crippen LogP contribution < -0.4 is 21.7 Å². The third-order valence-corrected chi connectivity index (χ3v) is 4.39. The normalized spacial score (nSPS) is 11.1. The van der Waals surface area contributed by atoms with Gasteiger partial charge in [-0.2, -0.15) is 0 Å². The SMILES string of the molecule is NCCCNCCCCNCCCNC(=O)Cc1c[nH]c2ccccc12. The van der Waals surface area contributed by atoms with Crippen molar-refractivity contribution >= 4 is 16.8 Å². The Morgan fingerprint density at radius 2 is 1.62 bits per heavy atom. The largest absolute Gasteiger partial charge is 0.361 e. The van der Waals surface area contributed by atoms with Gasteiger partial charge in [-0.25, -0.2) is 0 Å². The number of nitrogens with two attached hydrogens (primary N) is 1. The second-order valence-electron chi connectivity index (χ2n) is 6.59. The standard InChI is InChI=1S/C20H33N5O/c21-9-5-12-22-10-3-4-11-23-13-6-14-24-20(26)15-17-16-25-19-8-2-1-7-18(17)19/h1-2,7-8,16,22-23,25H,3-6,9-15,21H2,(H,24,26). The number of carbonyl (C=O) groups is 1. The second-order valence-corrected chi connectivity index (χ2v) is 6.59. The van der Waals surface area contributed by atoms with E-state index in [2.05, 4.69) is 20.9 Å². The number of aromatic amines is 1. The van der Waals surface area contributed by atoms with Gasteiger partial charge in [-0.05, 0) is 70.0 Å². The van der Waals surface area contributed by atoms with Crippen molar-refractivity contribution in [1.29, 1.82) is 0 Å². The van der Waals surface area contributed by atoms with Gasteiger partial charge in [0.25, 0.3) is 0 Å². The Morgan fingerprint density at radius 1 is 0.923 bits per heavy atom. The smallest absolute Gasteiger partial charge is 0.224 e. The molecule has 0 saturated heterocycles. The molecule has 0 aliphatic rings. The zero-order chi connectivity index (χ0) is 18.5. The van der Waals surface area contributed by atoms with Gasteiger partial charge in [0.15, 0.2) is 0 Å². The van der Waals surface area contributed by atoms with Gasteiger partial charge < -0.3 is 26.7 Å². The average Bonchev–Trinajstić information content (AvgIpc) is 3.05. The minimum Gasteiger partial charge on any atom is -0.361 e. The topological polar surface area (TPSA) is 95.0 Å². The van der Waals surface area contributed by atoms with Crippen LogP contribution in [0.15, 0.2) is 30.5 Å². The number of aromatic nitrogens is 1. The van der Waals surface area contributed by atoms with Crippen molar-refractivity contribution in [3.8, 4) is 0 Å². The fraction of sp³-hybridized carbons (Fsp3) is 0.550. The number of hydrogen-bond acceptors (Lipinski definition) is 4. The summed E-state index contributed by atoms with van der Waals surface area (Å²) in [6, 6.07) is 8.07. The zero-order valence-electron chi connectivity index (χ0n) is 15.7. The lowest BCUT2D eigenvalue weighted by Gasteiger charge is -2.07. The Bertz CT molecular complexity index is 640. The molecule has 26 heavy (non-hydrogen) atoms. The number of nitrogens with one attached hydrogen (secondary N) is 4. The minimum absolute atomic E-state index is 0.0818. The average molecular weight is 360 g/mol. The van der Waals surface area contributed by atoms with Crippen LogP contribution in [-0.4, -0.2) is 50.2 Å². The quantitative estimate of drug-likeness (QED) is 0.331.